The number of benzene rings is 2. The van der Waals surface area contributed by atoms with Crippen molar-refractivity contribution < 1.29 is 9.53 Å². The van der Waals surface area contributed by atoms with Crippen LogP contribution in [-0.2, 0) is 19.4 Å². The van der Waals surface area contributed by atoms with Gasteiger partial charge < -0.3 is 10.1 Å². The van der Waals surface area contributed by atoms with Crippen LogP contribution < -0.4 is 10.1 Å². The number of carbonyl (C=O) groups is 1. The molecule has 3 nitrogen and oxygen atoms in total. The average molecular weight is 323 g/mol. The molecule has 2 aromatic rings. The van der Waals surface area contributed by atoms with Crippen molar-refractivity contribution in [3.63, 3.8) is 0 Å². The Morgan fingerprint density at radius 3 is 2.58 bits per heavy atom. The first-order chi connectivity index (χ1) is 11.6. The van der Waals surface area contributed by atoms with E-state index < -0.39 is 0 Å². The van der Waals surface area contributed by atoms with Gasteiger partial charge in [-0.2, -0.15) is 0 Å². The summed E-state index contributed by atoms with van der Waals surface area (Å²) in [5.74, 6) is 1.36. The van der Waals surface area contributed by atoms with Gasteiger partial charge in [0.2, 0.25) is 0 Å². The van der Waals surface area contributed by atoms with Gasteiger partial charge in [0.15, 0.2) is 0 Å². The summed E-state index contributed by atoms with van der Waals surface area (Å²) in [4.78, 5) is 12.0. The third-order valence-corrected chi connectivity index (χ3v) is 4.36. The lowest BCUT2D eigenvalue weighted by atomic mass is 10.1. The van der Waals surface area contributed by atoms with E-state index in [9.17, 15) is 4.79 Å². The number of aryl methyl sites for hydroxylation is 2. The molecule has 0 atom stereocenters. The Labute approximate surface area is 144 Å². The normalized spacial score (nSPS) is 13.0. The Hall–Kier alpha value is -2.29. The fourth-order valence-electron chi connectivity index (χ4n) is 2.96. The SMILES string of the molecule is CC(C)CNC(=O)c1ccc(COc2ccc3c(c2)CCC3)cc1. The third kappa shape index (κ3) is 4.16. The first-order valence-corrected chi connectivity index (χ1v) is 8.73. The third-order valence-electron chi connectivity index (χ3n) is 4.36. The van der Waals surface area contributed by atoms with Crippen molar-refractivity contribution in [2.75, 3.05) is 6.54 Å². The van der Waals surface area contributed by atoms with Gasteiger partial charge in [-0.1, -0.05) is 32.0 Å². The van der Waals surface area contributed by atoms with Crippen LogP contribution >= 0.6 is 0 Å². The van der Waals surface area contributed by atoms with Crippen LogP contribution in [0.5, 0.6) is 5.75 Å². The van der Waals surface area contributed by atoms with Gasteiger partial charge in [0.05, 0.1) is 0 Å². The van der Waals surface area contributed by atoms with E-state index in [0.29, 0.717) is 24.6 Å². The van der Waals surface area contributed by atoms with Crippen LogP contribution in [-0.4, -0.2) is 12.5 Å². The minimum Gasteiger partial charge on any atom is -0.489 e. The number of hydrogen-bond donors (Lipinski definition) is 1. The van der Waals surface area contributed by atoms with Crippen molar-refractivity contribution in [2.45, 2.75) is 39.7 Å². The van der Waals surface area contributed by atoms with E-state index in [0.717, 1.165) is 17.7 Å². The molecule has 1 amide bonds. The van der Waals surface area contributed by atoms with E-state index in [2.05, 4.69) is 37.4 Å². The first kappa shape index (κ1) is 16.6. The van der Waals surface area contributed by atoms with Crippen LogP contribution in [0.2, 0.25) is 0 Å². The van der Waals surface area contributed by atoms with Crippen molar-refractivity contribution >= 4 is 5.91 Å². The van der Waals surface area contributed by atoms with Gasteiger partial charge in [-0.3, -0.25) is 4.79 Å². The summed E-state index contributed by atoms with van der Waals surface area (Å²) in [6.07, 6.45) is 3.60. The van der Waals surface area contributed by atoms with Crippen LogP contribution in [0.3, 0.4) is 0 Å². The lowest BCUT2D eigenvalue weighted by molar-refractivity contribution is 0.0949. The monoisotopic (exact) mass is 323 g/mol. The van der Waals surface area contributed by atoms with Crippen LogP contribution in [0, 0.1) is 5.92 Å². The number of carbonyl (C=O) groups excluding carboxylic acids is 1. The van der Waals surface area contributed by atoms with Crippen LogP contribution in [0.25, 0.3) is 0 Å². The number of rotatable bonds is 6. The largest absolute Gasteiger partial charge is 0.489 e. The van der Waals surface area contributed by atoms with Crippen molar-refractivity contribution in [3.05, 3.63) is 64.7 Å². The van der Waals surface area contributed by atoms with E-state index in [-0.39, 0.29) is 5.91 Å². The van der Waals surface area contributed by atoms with E-state index in [1.165, 1.54) is 24.0 Å². The molecule has 0 radical (unpaired) electrons. The molecule has 0 heterocycles. The Morgan fingerprint density at radius 2 is 1.83 bits per heavy atom. The maximum atomic E-state index is 12.0. The molecular formula is C21H25NO2. The smallest absolute Gasteiger partial charge is 0.251 e. The van der Waals surface area contributed by atoms with Crippen LogP contribution in [0.1, 0.15) is 47.3 Å². The molecule has 1 aliphatic carbocycles. The van der Waals surface area contributed by atoms with Gasteiger partial charge in [0.1, 0.15) is 12.4 Å². The van der Waals surface area contributed by atoms with E-state index in [1.807, 2.05) is 24.3 Å². The quantitative estimate of drug-likeness (QED) is 0.867. The highest BCUT2D eigenvalue weighted by atomic mass is 16.5. The zero-order valence-corrected chi connectivity index (χ0v) is 14.5. The molecule has 0 bridgehead atoms. The first-order valence-electron chi connectivity index (χ1n) is 8.73. The minimum absolute atomic E-state index is 0.0187. The molecule has 1 N–H and O–H groups in total. The summed E-state index contributed by atoms with van der Waals surface area (Å²) in [5.41, 5.74) is 4.64. The van der Waals surface area contributed by atoms with Crippen molar-refractivity contribution in [1.29, 1.82) is 0 Å². The topological polar surface area (TPSA) is 38.3 Å². The number of hydrogen-bond acceptors (Lipinski definition) is 2. The molecule has 24 heavy (non-hydrogen) atoms. The Morgan fingerprint density at radius 1 is 1.08 bits per heavy atom. The van der Waals surface area contributed by atoms with Gasteiger partial charge in [-0.15, -0.1) is 0 Å². The van der Waals surface area contributed by atoms with Crippen LogP contribution in [0.4, 0.5) is 0 Å². The molecule has 3 heteroatoms. The van der Waals surface area contributed by atoms with Crippen molar-refractivity contribution in [3.8, 4) is 5.75 Å². The average Bonchev–Trinajstić information content (AvgIpc) is 3.06. The molecule has 0 spiro atoms. The molecule has 0 unspecified atom stereocenters. The number of ether oxygens (including phenoxy) is 1. The predicted octanol–water partition coefficient (Wildman–Crippen LogP) is 4.14. The standard InChI is InChI=1S/C21H25NO2/c1-15(2)13-22-21(23)18-8-6-16(7-9-18)14-24-20-11-10-17-4-3-5-19(17)12-20/h6-12,15H,3-5,13-14H2,1-2H3,(H,22,23). The van der Waals surface area contributed by atoms with Gasteiger partial charge in [-0.05, 0) is 66.1 Å². The second-order valence-corrected chi connectivity index (χ2v) is 6.87. The Kier molecular flexibility index (Phi) is 5.19. The maximum Gasteiger partial charge on any atom is 0.251 e. The molecule has 126 valence electrons. The van der Waals surface area contributed by atoms with E-state index >= 15 is 0 Å². The van der Waals surface area contributed by atoms with Crippen molar-refractivity contribution in [2.24, 2.45) is 5.92 Å². The summed E-state index contributed by atoms with van der Waals surface area (Å²) >= 11 is 0. The fraction of sp³-hybridized carbons (Fsp3) is 0.381. The molecule has 1 aliphatic rings. The highest BCUT2D eigenvalue weighted by Gasteiger charge is 2.11. The lowest BCUT2D eigenvalue weighted by Crippen LogP contribution is -2.27. The zero-order chi connectivity index (χ0) is 16.9. The lowest BCUT2D eigenvalue weighted by Gasteiger charge is -2.10. The van der Waals surface area contributed by atoms with Crippen molar-refractivity contribution in [1.82, 2.24) is 5.32 Å². The van der Waals surface area contributed by atoms with Gasteiger partial charge >= 0.3 is 0 Å². The molecule has 0 fully saturated rings. The summed E-state index contributed by atoms with van der Waals surface area (Å²) in [6.45, 7) is 5.38. The predicted molar refractivity (Wildman–Crippen MR) is 96.4 cm³/mol. The van der Waals surface area contributed by atoms with Gasteiger partial charge in [0.25, 0.3) is 5.91 Å². The molecule has 0 aliphatic heterocycles. The molecule has 0 aromatic heterocycles. The second kappa shape index (κ2) is 7.52. The molecular weight excluding hydrogens is 298 g/mol. The van der Waals surface area contributed by atoms with Crippen LogP contribution in [0.15, 0.2) is 42.5 Å². The molecule has 0 saturated heterocycles. The minimum atomic E-state index is -0.0187. The summed E-state index contributed by atoms with van der Waals surface area (Å²) in [5, 5.41) is 2.93. The highest BCUT2D eigenvalue weighted by Crippen LogP contribution is 2.26. The summed E-state index contributed by atoms with van der Waals surface area (Å²) < 4.78 is 5.90. The number of fused-ring (bicyclic) bond motifs is 1. The maximum absolute atomic E-state index is 12.0. The Bertz CT molecular complexity index is 704. The highest BCUT2D eigenvalue weighted by molar-refractivity contribution is 5.94. The molecule has 0 saturated carbocycles. The Balaban J connectivity index is 1.55. The van der Waals surface area contributed by atoms with Gasteiger partial charge in [-0.25, -0.2) is 0 Å². The zero-order valence-electron chi connectivity index (χ0n) is 14.5. The van der Waals surface area contributed by atoms with E-state index in [4.69, 9.17) is 4.74 Å². The second-order valence-electron chi connectivity index (χ2n) is 6.87. The van der Waals surface area contributed by atoms with E-state index in [1.54, 1.807) is 0 Å². The fourth-order valence-corrected chi connectivity index (χ4v) is 2.96. The summed E-state index contributed by atoms with van der Waals surface area (Å²) in [7, 11) is 0. The number of nitrogens with one attached hydrogen (secondary N) is 1. The summed E-state index contributed by atoms with van der Waals surface area (Å²) in [6, 6.07) is 14.0. The van der Waals surface area contributed by atoms with Gasteiger partial charge in [0, 0.05) is 12.1 Å². The molecule has 2 aromatic carbocycles. The number of amides is 1. The molecule has 3 rings (SSSR count).